The van der Waals surface area contributed by atoms with Crippen molar-refractivity contribution in [1.82, 2.24) is 9.55 Å². The molecule has 0 amide bonds. The highest BCUT2D eigenvalue weighted by Gasteiger charge is 2.04. The summed E-state index contributed by atoms with van der Waals surface area (Å²) in [6.07, 6.45) is 6.40. The van der Waals surface area contributed by atoms with E-state index in [1.54, 1.807) is 12.5 Å². The second-order valence-electron chi connectivity index (χ2n) is 3.81. The van der Waals surface area contributed by atoms with Crippen molar-refractivity contribution in [2.75, 3.05) is 23.9 Å². The third-order valence-corrected chi connectivity index (χ3v) is 2.98. The summed E-state index contributed by atoms with van der Waals surface area (Å²) in [5.41, 5.74) is 0. The number of rotatable bonds is 6. The summed E-state index contributed by atoms with van der Waals surface area (Å²) in [4.78, 5) is 4.23. The third-order valence-electron chi connectivity index (χ3n) is 2.12. The largest absolute Gasteiger partial charge is 0.356 e. The third kappa shape index (κ3) is 4.03. The van der Waals surface area contributed by atoms with Gasteiger partial charge in [0.15, 0.2) is 0 Å². The second-order valence-corrected chi connectivity index (χ2v) is 5.36. The molecule has 4 nitrogen and oxygen atoms in total. The molecule has 1 N–H and O–H groups in total. The van der Waals surface area contributed by atoms with Crippen LogP contribution < -0.4 is 5.32 Å². The van der Waals surface area contributed by atoms with Crippen molar-refractivity contribution in [1.29, 1.82) is 0 Å². The summed E-state index contributed by atoms with van der Waals surface area (Å²) >= 11 is 0. The first-order chi connectivity index (χ1) is 7.11. The van der Waals surface area contributed by atoms with E-state index in [1.165, 1.54) is 0 Å². The van der Waals surface area contributed by atoms with E-state index < -0.39 is 10.8 Å². The molecule has 1 atom stereocenters. The van der Waals surface area contributed by atoms with Gasteiger partial charge in [-0.15, -0.1) is 0 Å². The molecule has 0 aliphatic heterocycles. The molecule has 1 heterocycles. The van der Waals surface area contributed by atoms with Gasteiger partial charge in [-0.3, -0.25) is 4.21 Å². The molecule has 1 rings (SSSR count). The summed E-state index contributed by atoms with van der Waals surface area (Å²) < 4.78 is 12.9. The number of hydrogen-bond acceptors (Lipinski definition) is 3. The van der Waals surface area contributed by atoms with Crippen LogP contribution in [0.4, 0.5) is 5.95 Å². The predicted octanol–water partition coefficient (Wildman–Crippen LogP) is 1.64. The molecule has 0 radical (unpaired) electrons. The normalized spacial score (nSPS) is 13.1. The minimum Gasteiger partial charge on any atom is -0.356 e. The van der Waals surface area contributed by atoms with Gasteiger partial charge in [-0.1, -0.05) is 0 Å². The van der Waals surface area contributed by atoms with Crippen LogP contribution in [0.25, 0.3) is 0 Å². The van der Waals surface area contributed by atoms with Crippen molar-refractivity contribution >= 4 is 16.7 Å². The van der Waals surface area contributed by atoms with Crippen LogP contribution in [-0.2, 0) is 10.8 Å². The van der Waals surface area contributed by atoms with Gasteiger partial charge in [0.1, 0.15) is 0 Å². The van der Waals surface area contributed by atoms with Crippen molar-refractivity contribution in [3.8, 4) is 0 Å². The maximum absolute atomic E-state index is 10.8. The van der Waals surface area contributed by atoms with E-state index in [4.69, 9.17) is 0 Å². The van der Waals surface area contributed by atoms with Crippen LogP contribution in [0.1, 0.15) is 26.3 Å². The maximum Gasteiger partial charge on any atom is 0.203 e. The lowest BCUT2D eigenvalue weighted by Gasteiger charge is -2.12. The highest BCUT2D eigenvalue weighted by atomic mass is 32.2. The highest BCUT2D eigenvalue weighted by molar-refractivity contribution is 7.84. The number of anilines is 1. The fraction of sp³-hybridized carbons (Fsp3) is 0.700. The van der Waals surface area contributed by atoms with E-state index in [0.29, 0.717) is 6.04 Å². The average molecular weight is 229 g/mol. The summed E-state index contributed by atoms with van der Waals surface area (Å²) in [6, 6.07) is 0.412. The number of nitrogens with zero attached hydrogens (tertiary/aromatic N) is 2. The Morgan fingerprint density at radius 2 is 2.33 bits per heavy atom. The molecule has 0 bridgehead atoms. The molecule has 0 saturated heterocycles. The Labute approximate surface area is 93.5 Å². The fourth-order valence-corrected chi connectivity index (χ4v) is 1.89. The zero-order valence-electron chi connectivity index (χ0n) is 9.56. The standard InChI is InChI=1S/C10H19N3OS/c1-9(2)13-7-6-12-10(13)11-5-4-8-15(3)14/h6-7,9H,4-5,8H2,1-3H3,(H,11,12). The van der Waals surface area contributed by atoms with Gasteiger partial charge in [0.2, 0.25) is 5.95 Å². The molecule has 1 aromatic rings. The second kappa shape index (κ2) is 5.90. The van der Waals surface area contributed by atoms with Gasteiger partial charge in [0, 0.05) is 47.8 Å². The number of hydrogen-bond donors (Lipinski definition) is 1. The molecule has 5 heteroatoms. The number of imidazole rings is 1. The molecular formula is C10H19N3OS. The zero-order chi connectivity index (χ0) is 11.3. The van der Waals surface area contributed by atoms with Crippen molar-refractivity contribution in [2.24, 2.45) is 0 Å². The van der Waals surface area contributed by atoms with E-state index in [-0.39, 0.29) is 0 Å². The molecular weight excluding hydrogens is 210 g/mol. The SMILES string of the molecule is CC(C)n1ccnc1NCCCS(C)=O. The Kier molecular flexibility index (Phi) is 4.81. The first-order valence-electron chi connectivity index (χ1n) is 5.18. The molecule has 1 unspecified atom stereocenters. The van der Waals surface area contributed by atoms with E-state index in [9.17, 15) is 4.21 Å². The highest BCUT2D eigenvalue weighted by Crippen LogP contribution is 2.11. The lowest BCUT2D eigenvalue weighted by molar-refractivity contribution is 0.604. The predicted molar refractivity (Wildman–Crippen MR) is 64.7 cm³/mol. The summed E-state index contributed by atoms with van der Waals surface area (Å²) in [5, 5.41) is 3.25. The van der Waals surface area contributed by atoms with E-state index in [2.05, 4.69) is 28.7 Å². The average Bonchev–Trinajstić information content (AvgIpc) is 2.60. The van der Waals surface area contributed by atoms with Crippen LogP contribution >= 0.6 is 0 Å². The minimum atomic E-state index is -0.695. The van der Waals surface area contributed by atoms with E-state index in [1.807, 2.05) is 6.20 Å². The van der Waals surface area contributed by atoms with Gasteiger partial charge in [-0.25, -0.2) is 4.98 Å². The molecule has 0 aromatic carbocycles. The van der Waals surface area contributed by atoms with E-state index >= 15 is 0 Å². The van der Waals surface area contributed by atoms with Crippen molar-refractivity contribution < 1.29 is 4.21 Å². The van der Waals surface area contributed by atoms with Gasteiger partial charge >= 0.3 is 0 Å². The van der Waals surface area contributed by atoms with Crippen molar-refractivity contribution in [3.63, 3.8) is 0 Å². The maximum atomic E-state index is 10.8. The summed E-state index contributed by atoms with van der Waals surface area (Å²) in [5.74, 6) is 1.64. The molecule has 0 saturated carbocycles. The first-order valence-corrected chi connectivity index (χ1v) is 6.90. The Hall–Kier alpha value is -0.840. The molecule has 15 heavy (non-hydrogen) atoms. The molecule has 0 aliphatic carbocycles. The molecule has 0 spiro atoms. The Morgan fingerprint density at radius 3 is 2.93 bits per heavy atom. The van der Waals surface area contributed by atoms with Crippen LogP contribution in [0.3, 0.4) is 0 Å². The summed E-state index contributed by atoms with van der Waals surface area (Å²) in [6.45, 7) is 5.06. The van der Waals surface area contributed by atoms with E-state index in [0.717, 1.165) is 24.7 Å². The van der Waals surface area contributed by atoms with Crippen LogP contribution in [0.5, 0.6) is 0 Å². The first kappa shape index (κ1) is 12.2. The van der Waals surface area contributed by atoms with Crippen molar-refractivity contribution in [2.45, 2.75) is 26.3 Å². The Bertz CT molecular complexity index is 322. The fourth-order valence-electron chi connectivity index (χ4n) is 1.34. The quantitative estimate of drug-likeness (QED) is 0.754. The van der Waals surface area contributed by atoms with Crippen LogP contribution in [0.2, 0.25) is 0 Å². The smallest absolute Gasteiger partial charge is 0.203 e. The topological polar surface area (TPSA) is 46.9 Å². The lowest BCUT2D eigenvalue weighted by atomic mass is 10.4. The van der Waals surface area contributed by atoms with Gasteiger partial charge in [0.25, 0.3) is 0 Å². The molecule has 0 aliphatic rings. The monoisotopic (exact) mass is 229 g/mol. The van der Waals surface area contributed by atoms with Crippen LogP contribution in [-0.4, -0.2) is 32.3 Å². The number of nitrogens with one attached hydrogen (secondary N) is 1. The van der Waals surface area contributed by atoms with Gasteiger partial charge in [0.05, 0.1) is 0 Å². The van der Waals surface area contributed by atoms with Crippen LogP contribution in [0.15, 0.2) is 12.4 Å². The van der Waals surface area contributed by atoms with Crippen LogP contribution in [0, 0.1) is 0 Å². The Balaban J connectivity index is 2.37. The summed E-state index contributed by atoms with van der Waals surface area (Å²) in [7, 11) is -0.695. The van der Waals surface area contributed by atoms with Crippen molar-refractivity contribution in [3.05, 3.63) is 12.4 Å². The van der Waals surface area contributed by atoms with Gasteiger partial charge in [-0.2, -0.15) is 0 Å². The molecule has 86 valence electrons. The zero-order valence-corrected chi connectivity index (χ0v) is 10.4. The lowest BCUT2D eigenvalue weighted by Crippen LogP contribution is -2.11. The van der Waals surface area contributed by atoms with Gasteiger partial charge < -0.3 is 9.88 Å². The number of aromatic nitrogens is 2. The van der Waals surface area contributed by atoms with Gasteiger partial charge in [-0.05, 0) is 20.3 Å². The Morgan fingerprint density at radius 1 is 1.60 bits per heavy atom. The molecule has 0 fully saturated rings. The minimum absolute atomic E-state index is 0.412. The molecule has 1 aromatic heterocycles.